The van der Waals surface area contributed by atoms with E-state index >= 15 is 0 Å². The molecule has 2 fully saturated rings. The fourth-order valence-corrected chi connectivity index (χ4v) is 5.00. The largest absolute Gasteiger partial charge is 0.379 e. The molecule has 8 heteroatoms. The van der Waals surface area contributed by atoms with Crippen molar-refractivity contribution in [3.8, 4) is 0 Å². The van der Waals surface area contributed by atoms with E-state index in [4.69, 9.17) is 4.74 Å². The van der Waals surface area contributed by atoms with E-state index in [-0.39, 0.29) is 5.91 Å². The summed E-state index contributed by atoms with van der Waals surface area (Å²) in [5.74, 6) is 1.88. The zero-order chi connectivity index (χ0) is 23.2. The van der Waals surface area contributed by atoms with Crippen molar-refractivity contribution in [2.75, 3.05) is 32.1 Å². The van der Waals surface area contributed by atoms with E-state index in [1.807, 2.05) is 24.3 Å². The molecule has 1 aliphatic carbocycles. The van der Waals surface area contributed by atoms with Crippen molar-refractivity contribution in [2.45, 2.75) is 43.6 Å². The van der Waals surface area contributed by atoms with Crippen LogP contribution in [0.3, 0.4) is 0 Å². The minimum atomic E-state index is 0.00779. The van der Waals surface area contributed by atoms with Gasteiger partial charge in [0.1, 0.15) is 5.82 Å². The van der Waals surface area contributed by atoms with Crippen molar-refractivity contribution in [1.29, 1.82) is 0 Å². The molecule has 2 heterocycles. The molecule has 0 atom stereocenters. The molecule has 0 unspecified atom stereocenters. The van der Waals surface area contributed by atoms with Crippen LogP contribution in [0.5, 0.6) is 0 Å². The fraction of sp³-hybridized carbons (Fsp3) is 0.423. The van der Waals surface area contributed by atoms with Crippen LogP contribution in [0.25, 0.3) is 0 Å². The van der Waals surface area contributed by atoms with Gasteiger partial charge in [-0.05, 0) is 29.5 Å². The minimum Gasteiger partial charge on any atom is -0.379 e. The number of thioether (sulfide) groups is 1. The Kier molecular flexibility index (Phi) is 7.58. The standard InChI is InChI=1S/C26H31N5O2S/c32-24(27-16-22-8-4-5-9-23(22)18-30-12-14-33-15-13-30)19-34-26-29-28-25(21-10-11-21)31(26)17-20-6-2-1-3-7-20/h1-9,21H,10-19H2,(H,27,32). The lowest BCUT2D eigenvalue weighted by Gasteiger charge is -2.27. The number of hydrogen-bond acceptors (Lipinski definition) is 6. The number of benzene rings is 2. The van der Waals surface area contributed by atoms with Gasteiger partial charge < -0.3 is 14.6 Å². The summed E-state index contributed by atoms with van der Waals surface area (Å²) in [4.78, 5) is 15.1. The Hall–Kier alpha value is -2.68. The van der Waals surface area contributed by atoms with Crippen LogP contribution in [-0.4, -0.2) is 57.6 Å². The lowest BCUT2D eigenvalue weighted by molar-refractivity contribution is -0.118. The third kappa shape index (κ3) is 6.05. The van der Waals surface area contributed by atoms with E-state index in [9.17, 15) is 4.79 Å². The van der Waals surface area contributed by atoms with Crippen LogP contribution in [0.4, 0.5) is 0 Å². The predicted molar refractivity (Wildman–Crippen MR) is 133 cm³/mol. The summed E-state index contributed by atoms with van der Waals surface area (Å²) in [5.41, 5.74) is 3.64. The van der Waals surface area contributed by atoms with Crippen LogP contribution >= 0.6 is 11.8 Å². The summed E-state index contributed by atoms with van der Waals surface area (Å²) >= 11 is 1.46. The van der Waals surface area contributed by atoms with Gasteiger partial charge >= 0.3 is 0 Å². The smallest absolute Gasteiger partial charge is 0.230 e. The molecular weight excluding hydrogens is 446 g/mol. The highest BCUT2D eigenvalue weighted by atomic mass is 32.2. The van der Waals surface area contributed by atoms with Crippen molar-refractivity contribution in [2.24, 2.45) is 0 Å². The number of amides is 1. The summed E-state index contributed by atoms with van der Waals surface area (Å²) < 4.78 is 7.64. The Bertz CT molecular complexity index is 1090. The molecule has 1 N–H and O–H groups in total. The summed E-state index contributed by atoms with van der Waals surface area (Å²) in [6, 6.07) is 18.7. The molecule has 3 aromatic rings. The van der Waals surface area contributed by atoms with Gasteiger partial charge in [0.25, 0.3) is 0 Å². The summed E-state index contributed by atoms with van der Waals surface area (Å²) in [6.07, 6.45) is 2.34. The molecule has 1 saturated heterocycles. The Balaban J connectivity index is 1.17. The molecule has 0 radical (unpaired) electrons. The number of nitrogens with zero attached hydrogens (tertiary/aromatic N) is 4. The highest BCUT2D eigenvalue weighted by Crippen LogP contribution is 2.40. The second kappa shape index (κ2) is 11.2. The lowest BCUT2D eigenvalue weighted by Crippen LogP contribution is -2.36. The molecule has 1 saturated carbocycles. The number of carbonyl (C=O) groups excluding carboxylic acids is 1. The number of hydrogen-bond donors (Lipinski definition) is 1. The first-order chi connectivity index (χ1) is 16.8. The maximum atomic E-state index is 12.7. The molecule has 2 aromatic carbocycles. The van der Waals surface area contributed by atoms with Crippen LogP contribution in [0, 0.1) is 0 Å². The van der Waals surface area contributed by atoms with Crippen LogP contribution in [0.1, 0.15) is 41.3 Å². The van der Waals surface area contributed by atoms with Crippen LogP contribution in [0.15, 0.2) is 59.8 Å². The second-order valence-electron chi connectivity index (χ2n) is 8.91. The number of carbonyl (C=O) groups is 1. The maximum absolute atomic E-state index is 12.7. The average molecular weight is 478 g/mol. The van der Waals surface area contributed by atoms with E-state index in [1.165, 1.54) is 35.7 Å². The van der Waals surface area contributed by atoms with Crippen LogP contribution in [0.2, 0.25) is 0 Å². The Labute approximate surface area is 204 Å². The first-order valence-electron chi connectivity index (χ1n) is 12.0. The van der Waals surface area contributed by atoms with E-state index in [0.29, 0.717) is 18.2 Å². The van der Waals surface area contributed by atoms with Gasteiger partial charge in [-0.2, -0.15) is 0 Å². The summed E-state index contributed by atoms with van der Waals surface area (Å²) in [5, 5.41) is 12.8. The monoisotopic (exact) mass is 477 g/mol. The second-order valence-corrected chi connectivity index (χ2v) is 9.85. The number of aromatic nitrogens is 3. The van der Waals surface area contributed by atoms with Gasteiger partial charge in [0.05, 0.1) is 25.5 Å². The van der Waals surface area contributed by atoms with E-state index in [1.54, 1.807) is 0 Å². The molecule has 0 spiro atoms. The van der Waals surface area contributed by atoms with Crippen molar-refractivity contribution >= 4 is 17.7 Å². The maximum Gasteiger partial charge on any atom is 0.230 e. The molecule has 7 nitrogen and oxygen atoms in total. The number of nitrogens with one attached hydrogen (secondary N) is 1. The van der Waals surface area contributed by atoms with Crippen molar-refractivity contribution in [1.82, 2.24) is 25.0 Å². The Morgan fingerprint density at radius 2 is 1.71 bits per heavy atom. The molecule has 2 aliphatic rings. The van der Waals surface area contributed by atoms with Gasteiger partial charge in [0.15, 0.2) is 5.16 Å². The number of morpholine rings is 1. The third-order valence-electron chi connectivity index (χ3n) is 6.30. The molecule has 178 valence electrons. The minimum absolute atomic E-state index is 0.00779. The third-order valence-corrected chi connectivity index (χ3v) is 7.26. The zero-order valence-electron chi connectivity index (χ0n) is 19.4. The highest BCUT2D eigenvalue weighted by molar-refractivity contribution is 7.99. The quantitative estimate of drug-likeness (QED) is 0.451. The molecule has 5 rings (SSSR count). The SMILES string of the molecule is O=C(CSc1nnc(C2CC2)n1Cc1ccccc1)NCc1ccccc1CN1CCOCC1. The molecule has 1 aromatic heterocycles. The van der Waals surface area contributed by atoms with Crippen LogP contribution < -0.4 is 5.32 Å². The molecule has 1 aliphatic heterocycles. The Morgan fingerprint density at radius 1 is 0.971 bits per heavy atom. The van der Waals surface area contributed by atoms with E-state index < -0.39 is 0 Å². The van der Waals surface area contributed by atoms with Crippen molar-refractivity contribution in [3.05, 3.63) is 77.1 Å². The van der Waals surface area contributed by atoms with Gasteiger partial charge in [-0.15, -0.1) is 10.2 Å². The van der Waals surface area contributed by atoms with E-state index in [2.05, 4.69) is 55.3 Å². The average Bonchev–Trinajstić information content (AvgIpc) is 3.65. The first-order valence-corrected chi connectivity index (χ1v) is 13.0. The summed E-state index contributed by atoms with van der Waals surface area (Å²) in [7, 11) is 0. The fourth-order valence-electron chi connectivity index (χ4n) is 4.22. The molecule has 0 bridgehead atoms. The molecule has 34 heavy (non-hydrogen) atoms. The topological polar surface area (TPSA) is 72.3 Å². The highest BCUT2D eigenvalue weighted by Gasteiger charge is 2.30. The van der Waals surface area contributed by atoms with Gasteiger partial charge in [0, 0.05) is 32.1 Å². The number of rotatable bonds is 10. The van der Waals surface area contributed by atoms with Crippen LogP contribution in [-0.2, 0) is 29.2 Å². The molecule has 1 amide bonds. The van der Waals surface area contributed by atoms with Crippen molar-refractivity contribution in [3.63, 3.8) is 0 Å². The summed E-state index contributed by atoms with van der Waals surface area (Å²) in [6.45, 7) is 5.62. The zero-order valence-corrected chi connectivity index (χ0v) is 20.2. The van der Waals surface area contributed by atoms with Gasteiger partial charge in [-0.1, -0.05) is 66.4 Å². The number of ether oxygens (including phenoxy) is 1. The van der Waals surface area contributed by atoms with Gasteiger partial charge in [0.2, 0.25) is 5.91 Å². The first kappa shape index (κ1) is 23.1. The lowest BCUT2D eigenvalue weighted by atomic mass is 10.1. The van der Waals surface area contributed by atoms with Gasteiger partial charge in [-0.25, -0.2) is 0 Å². The van der Waals surface area contributed by atoms with Gasteiger partial charge in [-0.3, -0.25) is 9.69 Å². The van der Waals surface area contributed by atoms with E-state index in [0.717, 1.165) is 55.9 Å². The predicted octanol–water partition coefficient (Wildman–Crippen LogP) is 3.44. The van der Waals surface area contributed by atoms with Crippen molar-refractivity contribution < 1.29 is 9.53 Å². The molecular formula is C26H31N5O2S. The Morgan fingerprint density at radius 3 is 2.47 bits per heavy atom. The normalized spacial score (nSPS) is 16.5.